The molecule has 7 nitrogen and oxygen atoms in total. The number of nitrogens with one attached hydrogen (secondary N) is 2. The first-order valence-corrected chi connectivity index (χ1v) is 12.1. The van der Waals surface area contributed by atoms with E-state index in [2.05, 4.69) is 22.5 Å². The van der Waals surface area contributed by atoms with Crippen LogP contribution in [0.1, 0.15) is 54.5 Å². The molecule has 3 saturated carbocycles. The Kier molecular flexibility index (Phi) is 6.93. The molecule has 0 saturated heterocycles. The number of benzene rings is 1. The van der Waals surface area contributed by atoms with Gasteiger partial charge in [-0.1, -0.05) is 18.5 Å². The van der Waals surface area contributed by atoms with Crippen LogP contribution in [-0.4, -0.2) is 41.6 Å². The van der Waals surface area contributed by atoms with Crippen LogP contribution in [0.15, 0.2) is 23.6 Å². The second-order valence-electron chi connectivity index (χ2n) is 8.97. The largest absolute Gasteiger partial charge is 0.484 e. The SMILES string of the molecule is COCc1nc(C(=O)NC23CCC(NC(=O)COc4ccc(Cl)c(F)c4)(CC2)C(C)C3)cs1. The number of hydrogen-bond donors (Lipinski definition) is 2. The van der Waals surface area contributed by atoms with Crippen molar-refractivity contribution in [3.05, 3.63) is 45.1 Å². The summed E-state index contributed by atoms with van der Waals surface area (Å²) < 4.78 is 24.1. The van der Waals surface area contributed by atoms with E-state index in [9.17, 15) is 14.0 Å². The molecule has 0 radical (unpaired) electrons. The van der Waals surface area contributed by atoms with Gasteiger partial charge in [-0.3, -0.25) is 9.59 Å². The zero-order valence-corrected chi connectivity index (χ0v) is 20.2. The van der Waals surface area contributed by atoms with Crippen molar-refractivity contribution in [2.45, 2.75) is 56.7 Å². The lowest BCUT2D eigenvalue weighted by atomic mass is 9.56. The third-order valence-electron chi connectivity index (χ3n) is 6.82. The number of aromatic nitrogens is 1. The van der Waals surface area contributed by atoms with Gasteiger partial charge in [-0.15, -0.1) is 11.3 Å². The Morgan fingerprint density at radius 3 is 2.70 bits per heavy atom. The van der Waals surface area contributed by atoms with Gasteiger partial charge in [0.1, 0.15) is 22.3 Å². The number of carbonyl (C=O) groups is 2. The van der Waals surface area contributed by atoms with Crippen LogP contribution >= 0.6 is 22.9 Å². The van der Waals surface area contributed by atoms with Crippen molar-refractivity contribution < 1.29 is 23.5 Å². The first-order chi connectivity index (χ1) is 15.7. The van der Waals surface area contributed by atoms with E-state index >= 15 is 0 Å². The average Bonchev–Trinajstić information content (AvgIpc) is 3.25. The normalized spacial score (nSPS) is 26.1. The van der Waals surface area contributed by atoms with Gasteiger partial charge in [0.05, 0.1) is 11.6 Å². The molecule has 3 aliphatic rings. The molecule has 1 aromatic carbocycles. The Hall–Kier alpha value is -2.23. The van der Waals surface area contributed by atoms with Crippen LogP contribution in [0.3, 0.4) is 0 Å². The van der Waals surface area contributed by atoms with E-state index in [4.69, 9.17) is 21.1 Å². The summed E-state index contributed by atoms with van der Waals surface area (Å²) in [4.78, 5) is 29.8. The fraction of sp³-hybridized carbons (Fsp3) is 0.522. The van der Waals surface area contributed by atoms with Crippen molar-refractivity contribution in [1.29, 1.82) is 0 Å². The molecule has 178 valence electrons. The van der Waals surface area contributed by atoms with Gasteiger partial charge < -0.3 is 20.1 Å². The molecule has 2 amide bonds. The van der Waals surface area contributed by atoms with Crippen molar-refractivity contribution in [2.24, 2.45) is 5.92 Å². The van der Waals surface area contributed by atoms with Crippen molar-refractivity contribution in [3.8, 4) is 5.75 Å². The molecular weight excluding hydrogens is 469 g/mol. The number of ether oxygens (including phenoxy) is 2. The van der Waals surface area contributed by atoms with Crippen LogP contribution in [0.2, 0.25) is 5.02 Å². The van der Waals surface area contributed by atoms with Gasteiger partial charge in [-0.25, -0.2) is 9.37 Å². The lowest BCUT2D eigenvalue weighted by molar-refractivity contribution is -0.128. The van der Waals surface area contributed by atoms with Gasteiger partial charge in [-0.05, 0) is 50.2 Å². The van der Waals surface area contributed by atoms with E-state index in [1.54, 1.807) is 12.5 Å². The van der Waals surface area contributed by atoms with Crippen LogP contribution in [0, 0.1) is 11.7 Å². The summed E-state index contributed by atoms with van der Waals surface area (Å²) in [6, 6.07) is 4.08. The molecule has 2 N–H and O–H groups in total. The highest BCUT2D eigenvalue weighted by Crippen LogP contribution is 2.50. The number of fused-ring (bicyclic) bond motifs is 3. The third kappa shape index (κ3) is 5.15. The monoisotopic (exact) mass is 495 g/mol. The predicted molar refractivity (Wildman–Crippen MR) is 123 cm³/mol. The smallest absolute Gasteiger partial charge is 0.271 e. The Bertz CT molecular complexity index is 1040. The summed E-state index contributed by atoms with van der Waals surface area (Å²) in [5, 5.41) is 8.92. The molecule has 3 aliphatic carbocycles. The highest BCUT2D eigenvalue weighted by Gasteiger charge is 2.54. The minimum Gasteiger partial charge on any atom is -0.484 e. The maximum atomic E-state index is 13.6. The average molecular weight is 496 g/mol. The molecule has 1 heterocycles. The quantitative estimate of drug-likeness (QED) is 0.575. The number of hydrogen-bond acceptors (Lipinski definition) is 6. The highest BCUT2D eigenvalue weighted by molar-refractivity contribution is 7.09. The van der Waals surface area contributed by atoms with Crippen LogP contribution < -0.4 is 15.4 Å². The first kappa shape index (κ1) is 23.9. The van der Waals surface area contributed by atoms with Crippen LogP contribution in [0.25, 0.3) is 0 Å². The number of halogens is 2. The standard InChI is InChI=1S/C23H27ClFN3O4S/c1-14-10-22(28-21(30)18-13-33-20(26-18)12-31-2)5-7-23(14,8-6-22)27-19(29)11-32-15-3-4-16(24)17(25)9-15/h3-4,9,13-14H,5-8,10-12H2,1-2H3,(H,27,29)(H,28,30). The summed E-state index contributed by atoms with van der Waals surface area (Å²) >= 11 is 7.09. The molecule has 33 heavy (non-hydrogen) atoms. The number of carbonyl (C=O) groups excluding carboxylic acids is 2. The Balaban J connectivity index is 1.33. The van der Waals surface area contributed by atoms with E-state index in [1.807, 2.05) is 0 Å². The Labute approximate surface area is 201 Å². The minimum atomic E-state index is -0.590. The molecule has 0 spiro atoms. The lowest BCUT2D eigenvalue weighted by Gasteiger charge is -2.57. The van der Waals surface area contributed by atoms with Crippen molar-refractivity contribution in [1.82, 2.24) is 15.6 Å². The van der Waals surface area contributed by atoms with E-state index in [0.29, 0.717) is 12.3 Å². The van der Waals surface area contributed by atoms with E-state index in [-0.39, 0.29) is 46.2 Å². The van der Waals surface area contributed by atoms with E-state index in [1.165, 1.54) is 23.5 Å². The Morgan fingerprint density at radius 1 is 1.27 bits per heavy atom. The van der Waals surface area contributed by atoms with Crippen LogP contribution in [-0.2, 0) is 16.1 Å². The highest BCUT2D eigenvalue weighted by atomic mass is 35.5. The van der Waals surface area contributed by atoms with Crippen molar-refractivity contribution >= 4 is 34.8 Å². The molecule has 1 atom stereocenters. The third-order valence-corrected chi connectivity index (χ3v) is 7.95. The number of rotatable bonds is 8. The lowest BCUT2D eigenvalue weighted by Crippen LogP contribution is -2.67. The predicted octanol–water partition coefficient (Wildman–Crippen LogP) is 4.10. The van der Waals surface area contributed by atoms with Gasteiger partial charge in [0.25, 0.3) is 11.8 Å². The zero-order valence-electron chi connectivity index (χ0n) is 18.6. The number of nitrogens with zero attached hydrogens (tertiary/aromatic N) is 1. The molecule has 3 fully saturated rings. The first-order valence-electron chi connectivity index (χ1n) is 10.9. The second kappa shape index (κ2) is 9.56. The molecule has 2 aromatic rings. The molecule has 5 rings (SSSR count). The topological polar surface area (TPSA) is 89.5 Å². The van der Waals surface area contributed by atoms with E-state index < -0.39 is 5.82 Å². The number of methoxy groups -OCH3 is 1. The number of thiazole rings is 1. The molecule has 2 bridgehead atoms. The fourth-order valence-electron chi connectivity index (χ4n) is 5.02. The van der Waals surface area contributed by atoms with Gasteiger partial charge in [0, 0.05) is 29.6 Å². The zero-order chi connectivity index (χ0) is 23.6. The molecule has 1 aromatic heterocycles. The van der Waals surface area contributed by atoms with Crippen LogP contribution in [0.5, 0.6) is 5.75 Å². The van der Waals surface area contributed by atoms with Gasteiger partial charge in [0.15, 0.2) is 6.61 Å². The summed E-state index contributed by atoms with van der Waals surface area (Å²) in [6.07, 6.45) is 3.87. The van der Waals surface area contributed by atoms with Crippen molar-refractivity contribution in [3.63, 3.8) is 0 Å². The molecule has 1 unspecified atom stereocenters. The summed E-state index contributed by atoms with van der Waals surface area (Å²) in [5.74, 6) is -0.571. The maximum absolute atomic E-state index is 13.6. The van der Waals surface area contributed by atoms with Gasteiger partial charge >= 0.3 is 0 Å². The maximum Gasteiger partial charge on any atom is 0.271 e. The minimum absolute atomic E-state index is 0.00435. The molecule has 0 aliphatic heterocycles. The van der Waals surface area contributed by atoms with Gasteiger partial charge in [-0.2, -0.15) is 0 Å². The summed E-state index contributed by atoms with van der Waals surface area (Å²) in [6.45, 7) is 2.29. The second-order valence-corrected chi connectivity index (χ2v) is 10.3. The number of amides is 2. The van der Waals surface area contributed by atoms with E-state index in [0.717, 1.165) is 43.2 Å². The van der Waals surface area contributed by atoms with Gasteiger partial charge in [0.2, 0.25) is 0 Å². The van der Waals surface area contributed by atoms with Crippen molar-refractivity contribution in [2.75, 3.05) is 13.7 Å². The molecule has 10 heteroatoms. The summed E-state index contributed by atoms with van der Waals surface area (Å²) in [5.41, 5.74) is -0.198. The fourth-order valence-corrected chi connectivity index (χ4v) is 5.88. The Morgan fingerprint density at radius 2 is 2.03 bits per heavy atom. The van der Waals surface area contributed by atoms with Crippen LogP contribution in [0.4, 0.5) is 4.39 Å². The molecular formula is C23H27ClFN3O4S. The summed E-state index contributed by atoms with van der Waals surface area (Å²) in [7, 11) is 1.60.